The van der Waals surface area contributed by atoms with Gasteiger partial charge in [0.1, 0.15) is 0 Å². The Morgan fingerprint density at radius 3 is 2.55 bits per heavy atom. The molecule has 0 aliphatic heterocycles. The zero-order valence-electron chi connectivity index (χ0n) is 19.5. The lowest BCUT2D eigenvalue weighted by molar-refractivity contribution is 0.0948. The molecule has 3 aromatic rings. The maximum atomic E-state index is 13.0. The predicted octanol–water partition coefficient (Wildman–Crippen LogP) is 4.90. The maximum Gasteiger partial charge on any atom is 0.273 e. The summed E-state index contributed by atoms with van der Waals surface area (Å²) in [6.07, 6.45) is 8.00. The first-order chi connectivity index (χ1) is 16.0. The first kappa shape index (κ1) is 23.2. The van der Waals surface area contributed by atoms with Crippen molar-refractivity contribution in [3.05, 3.63) is 70.3 Å². The van der Waals surface area contributed by atoms with E-state index >= 15 is 0 Å². The first-order valence-corrected chi connectivity index (χ1v) is 12.4. The molecular weight excluding hydrogens is 432 g/mol. The van der Waals surface area contributed by atoms with E-state index in [1.165, 1.54) is 30.2 Å². The van der Waals surface area contributed by atoms with Crippen molar-refractivity contribution in [2.24, 2.45) is 0 Å². The molecule has 1 amide bonds. The molecule has 8 heteroatoms. The summed E-state index contributed by atoms with van der Waals surface area (Å²) in [5, 5.41) is 12.3. The Hall–Kier alpha value is -3.00. The second-order valence-electron chi connectivity index (χ2n) is 8.47. The molecule has 0 saturated carbocycles. The smallest absolute Gasteiger partial charge is 0.273 e. The molecule has 0 fully saturated rings. The molecule has 172 valence electrons. The van der Waals surface area contributed by atoms with Crippen molar-refractivity contribution < 1.29 is 4.79 Å². The molecule has 0 saturated heterocycles. The number of hydrogen-bond donors (Lipinski definition) is 1. The Kier molecular flexibility index (Phi) is 7.54. The number of hydrogen-bond acceptors (Lipinski definition) is 6. The Morgan fingerprint density at radius 2 is 1.85 bits per heavy atom. The van der Waals surface area contributed by atoms with Gasteiger partial charge in [-0.05, 0) is 71.1 Å². The highest BCUT2D eigenvalue weighted by Crippen LogP contribution is 2.24. The lowest BCUT2D eigenvalue weighted by Gasteiger charge is -2.13. The van der Waals surface area contributed by atoms with Crippen LogP contribution in [0.4, 0.5) is 0 Å². The van der Waals surface area contributed by atoms with E-state index in [1.54, 1.807) is 4.68 Å². The molecule has 0 radical (unpaired) electrons. The van der Waals surface area contributed by atoms with Crippen molar-refractivity contribution in [2.45, 2.75) is 63.8 Å². The normalized spacial score (nSPS) is 13.6. The van der Waals surface area contributed by atoms with Crippen LogP contribution in [-0.4, -0.2) is 37.4 Å². The van der Waals surface area contributed by atoms with Gasteiger partial charge in [-0.25, -0.2) is 14.6 Å². The quantitative estimate of drug-likeness (QED) is 0.291. The number of nitrogens with zero attached hydrogens (tertiary/aromatic N) is 5. The van der Waals surface area contributed by atoms with Gasteiger partial charge in [0, 0.05) is 23.7 Å². The average Bonchev–Trinajstić information content (AvgIpc) is 3.22. The molecule has 1 aliphatic carbocycles. The highest BCUT2D eigenvalue weighted by Gasteiger charge is 2.21. The van der Waals surface area contributed by atoms with Gasteiger partial charge in [-0.3, -0.25) is 4.79 Å². The lowest BCUT2D eigenvalue weighted by atomic mass is 9.97. The van der Waals surface area contributed by atoms with Crippen LogP contribution in [0.1, 0.15) is 65.2 Å². The number of thioether (sulfide) groups is 1. The monoisotopic (exact) mass is 462 g/mol. The minimum Gasteiger partial charge on any atom is -0.350 e. The number of rotatable bonds is 8. The van der Waals surface area contributed by atoms with Crippen molar-refractivity contribution in [1.29, 1.82) is 0 Å². The van der Waals surface area contributed by atoms with Gasteiger partial charge in [0.15, 0.2) is 10.9 Å². The summed E-state index contributed by atoms with van der Waals surface area (Å²) in [5.74, 6) is 0.291. The molecule has 0 atom stereocenters. The first-order valence-electron chi connectivity index (χ1n) is 11.4. The lowest BCUT2D eigenvalue weighted by Crippen LogP contribution is -2.26. The Balaban J connectivity index is 1.54. The Morgan fingerprint density at radius 1 is 1.09 bits per heavy atom. The fourth-order valence-corrected chi connectivity index (χ4v) is 4.89. The molecule has 1 N–H and O–H groups in total. The van der Waals surface area contributed by atoms with Crippen molar-refractivity contribution in [3.63, 3.8) is 0 Å². The van der Waals surface area contributed by atoms with Gasteiger partial charge in [0.05, 0.1) is 11.4 Å². The minimum absolute atomic E-state index is 0.193. The Labute approximate surface area is 199 Å². The highest BCUT2D eigenvalue weighted by molar-refractivity contribution is 7.98. The van der Waals surface area contributed by atoms with Crippen LogP contribution < -0.4 is 5.32 Å². The topological polar surface area (TPSA) is 85.6 Å². The summed E-state index contributed by atoms with van der Waals surface area (Å²) < 4.78 is 1.74. The fourth-order valence-electron chi connectivity index (χ4n) is 3.94. The number of aryl methyl sites for hydroxylation is 3. The van der Waals surface area contributed by atoms with Crippen LogP contribution in [-0.2, 0) is 5.75 Å². The fraction of sp³-hybridized carbons (Fsp3) is 0.400. The van der Waals surface area contributed by atoms with Gasteiger partial charge in [0.25, 0.3) is 5.91 Å². The largest absolute Gasteiger partial charge is 0.350 e. The molecule has 1 aromatic carbocycles. The molecular formula is C25H30N6OS. The van der Waals surface area contributed by atoms with E-state index in [0.29, 0.717) is 23.1 Å². The van der Waals surface area contributed by atoms with Gasteiger partial charge < -0.3 is 5.32 Å². The standard InChI is InChI=1S/C25H30N6OS/c1-17-9-11-21(12-10-17)31-22(16-33-25-27-18(2)15-19(3)28-25)23(29-30-31)24(32)26-14-13-20-7-5-4-6-8-20/h7,9-12,15H,4-6,8,13-14,16H2,1-3H3,(H,26,32). The minimum atomic E-state index is -0.193. The zero-order chi connectivity index (χ0) is 23.2. The molecule has 2 heterocycles. The second kappa shape index (κ2) is 10.7. The van der Waals surface area contributed by atoms with Gasteiger partial charge in [-0.15, -0.1) is 5.10 Å². The van der Waals surface area contributed by atoms with E-state index < -0.39 is 0 Å². The number of aromatic nitrogens is 5. The molecule has 33 heavy (non-hydrogen) atoms. The number of nitrogens with one attached hydrogen (secondary N) is 1. The van der Waals surface area contributed by atoms with Gasteiger partial charge in [-0.2, -0.15) is 0 Å². The number of benzene rings is 1. The van der Waals surface area contributed by atoms with E-state index in [9.17, 15) is 4.79 Å². The van der Waals surface area contributed by atoms with Crippen molar-refractivity contribution in [3.8, 4) is 5.69 Å². The van der Waals surface area contributed by atoms with Crippen LogP contribution in [0.2, 0.25) is 0 Å². The summed E-state index contributed by atoms with van der Waals surface area (Å²) in [7, 11) is 0. The molecule has 7 nitrogen and oxygen atoms in total. The number of carbonyl (C=O) groups excluding carboxylic acids is 1. The van der Waals surface area contributed by atoms with Crippen LogP contribution in [0.5, 0.6) is 0 Å². The number of carbonyl (C=O) groups is 1. The molecule has 0 spiro atoms. The third-order valence-electron chi connectivity index (χ3n) is 5.67. The average molecular weight is 463 g/mol. The van der Waals surface area contributed by atoms with E-state index in [2.05, 4.69) is 31.7 Å². The predicted molar refractivity (Wildman–Crippen MR) is 131 cm³/mol. The summed E-state index contributed by atoms with van der Waals surface area (Å²) in [6, 6.07) is 9.98. The van der Waals surface area contributed by atoms with Crippen molar-refractivity contribution in [2.75, 3.05) is 6.54 Å². The van der Waals surface area contributed by atoms with Crippen LogP contribution in [0.25, 0.3) is 5.69 Å². The number of amides is 1. The van der Waals surface area contributed by atoms with Crippen LogP contribution in [0.3, 0.4) is 0 Å². The molecule has 1 aliphatic rings. The van der Waals surface area contributed by atoms with Crippen LogP contribution in [0, 0.1) is 20.8 Å². The highest BCUT2D eigenvalue weighted by atomic mass is 32.2. The van der Waals surface area contributed by atoms with Gasteiger partial charge in [-0.1, -0.05) is 46.3 Å². The van der Waals surface area contributed by atoms with Gasteiger partial charge >= 0.3 is 0 Å². The Bertz CT molecular complexity index is 1130. The zero-order valence-corrected chi connectivity index (χ0v) is 20.3. The van der Waals surface area contributed by atoms with E-state index in [-0.39, 0.29) is 5.91 Å². The third kappa shape index (κ3) is 6.07. The van der Waals surface area contributed by atoms with E-state index in [0.717, 1.165) is 47.6 Å². The molecule has 0 unspecified atom stereocenters. The van der Waals surface area contributed by atoms with E-state index in [4.69, 9.17) is 0 Å². The van der Waals surface area contributed by atoms with Crippen molar-refractivity contribution >= 4 is 17.7 Å². The summed E-state index contributed by atoms with van der Waals surface area (Å²) in [6.45, 7) is 6.56. The molecule has 2 aromatic heterocycles. The molecule has 0 bridgehead atoms. The molecule has 4 rings (SSSR count). The van der Waals surface area contributed by atoms with Gasteiger partial charge in [0.2, 0.25) is 0 Å². The second-order valence-corrected chi connectivity index (χ2v) is 9.41. The SMILES string of the molecule is Cc1ccc(-n2nnc(C(=O)NCCC3=CCCCC3)c2CSc2nc(C)cc(C)n2)cc1. The van der Waals surface area contributed by atoms with Crippen molar-refractivity contribution in [1.82, 2.24) is 30.3 Å². The van der Waals surface area contributed by atoms with Crippen LogP contribution in [0.15, 0.2) is 47.1 Å². The summed E-state index contributed by atoms with van der Waals surface area (Å²) in [5.41, 5.74) is 6.40. The van der Waals surface area contributed by atoms with E-state index in [1.807, 2.05) is 51.1 Å². The summed E-state index contributed by atoms with van der Waals surface area (Å²) >= 11 is 1.48. The third-order valence-corrected chi connectivity index (χ3v) is 6.53. The van der Waals surface area contributed by atoms with Crippen LogP contribution >= 0.6 is 11.8 Å². The maximum absolute atomic E-state index is 13.0. The summed E-state index contributed by atoms with van der Waals surface area (Å²) in [4.78, 5) is 22.1. The number of allylic oxidation sites excluding steroid dienone is 1.